The van der Waals surface area contributed by atoms with Gasteiger partial charge in [0.2, 0.25) is 5.88 Å². The van der Waals surface area contributed by atoms with E-state index in [1.807, 2.05) is 0 Å². The summed E-state index contributed by atoms with van der Waals surface area (Å²) in [5, 5.41) is 4.06. The minimum Gasteiger partial charge on any atom is -0.484 e. The fourth-order valence-corrected chi connectivity index (χ4v) is 3.37. The quantitative estimate of drug-likeness (QED) is 0.611. The molecule has 9 heteroatoms. The minimum absolute atomic E-state index is 0.0572. The highest BCUT2D eigenvalue weighted by atomic mass is 19.1. The van der Waals surface area contributed by atoms with Gasteiger partial charge >= 0.3 is 0 Å². The van der Waals surface area contributed by atoms with Crippen LogP contribution in [0.25, 0.3) is 0 Å². The molecule has 0 saturated carbocycles. The normalized spacial score (nSPS) is 16.3. The van der Waals surface area contributed by atoms with Gasteiger partial charge in [-0.15, -0.1) is 0 Å². The van der Waals surface area contributed by atoms with Crippen LogP contribution < -0.4 is 9.47 Å². The van der Waals surface area contributed by atoms with Crippen molar-refractivity contribution in [3.63, 3.8) is 0 Å². The number of benzene rings is 1. The fourth-order valence-electron chi connectivity index (χ4n) is 3.37. The first-order valence-corrected chi connectivity index (χ1v) is 9.66. The smallest absolute Gasteiger partial charge is 0.264 e. The number of nitrogens with zero attached hydrogens (tertiary/aromatic N) is 4. The second-order valence-corrected chi connectivity index (χ2v) is 6.89. The van der Waals surface area contributed by atoms with E-state index in [0.29, 0.717) is 35.5 Å². The van der Waals surface area contributed by atoms with Crippen molar-refractivity contribution in [2.75, 3.05) is 13.7 Å². The van der Waals surface area contributed by atoms with Gasteiger partial charge in [0.05, 0.1) is 18.7 Å². The number of ether oxygens (including phenoxy) is 2. The summed E-state index contributed by atoms with van der Waals surface area (Å²) in [6.07, 6.45) is 4.12. The first-order chi connectivity index (χ1) is 14.6. The molecule has 8 nitrogen and oxygen atoms in total. The van der Waals surface area contributed by atoms with Crippen LogP contribution in [0.1, 0.15) is 47.4 Å². The third-order valence-corrected chi connectivity index (χ3v) is 4.91. The SMILES string of the molecule is COc1ccc(C(=O)N2CCCCC2c2noc(COc3ccc(F)cc3)n2)cn1. The van der Waals surface area contributed by atoms with Gasteiger partial charge in [-0.25, -0.2) is 9.37 Å². The molecule has 1 saturated heterocycles. The third kappa shape index (κ3) is 4.40. The zero-order chi connectivity index (χ0) is 20.9. The highest BCUT2D eigenvalue weighted by Crippen LogP contribution is 2.30. The molecule has 1 aliphatic heterocycles. The van der Waals surface area contributed by atoms with Crippen molar-refractivity contribution in [3.05, 3.63) is 65.7 Å². The maximum Gasteiger partial charge on any atom is 0.264 e. The van der Waals surface area contributed by atoms with E-state index in [9.17, 15) is 9.18 Å². The Labute approximate surface area is 172 Å². The highest BCUT2D eigenvalue weighted by molar-refractivity contribution is 5.94. The van der Waals surface area contributed by atoms with Crippen LogP contribution in [0.3, 0.4) is 0 Å². The van der Waals surface area contributed by atoms with Crippen LogP contribution in [-0.4, -0.2) is 39.6 Å². The van der Waals surface area contributed by atoms with Gasteiger partial charge in [-0.05, 0) is 49.6 Å². The van der Waals surface area contributed by atoms with E-state index < -0.39 is 0 Å². The molecule has 1 fully saturated rings. The van der Waals surface area contributed by atoms with Crippen LogP contribution in [-0.2, 0) is 6.61 Å². The zero-order valence-electron chi connectivity index (χ0n) is 16.5. The van der Waals surface area contributed by atoms with Crippen LogP contribution in [0.5, 0.6) is 11.6 Å². The predicted molar refractivity (Wildman–Crippen MR) is 103 cm³/mol. The van der Waals surface area contributed by atoms with Gasteiger partial charge in [-0.2, -0.15) is 4.98 Å². The van der Waals surface area contributed by atoms with E-state index in [1.54, 1.807) is 17.0 Å². The number of halogens is 1. The fraction of sp³-hybridized carbons (Fsp3) is 0.333. The van der Waals surface area contributed by atoms with E-state index in [1.165, 1.54) is 37.6 Å². The molecule has 3 aromatic rings. The molecule has 2 aromatic heterocycles. The van der Waals surface area contributed by atoms with E-state index in [4.69, 9.17) is 14.0 Å². The summed E-state index contributed by atoms with van der Waals surface area (Å²) in [5.41, 5.74) is 0.478. The van der Waals surface area contributed by atoms with Gasteiger partial charge in [0.25, 0.3) is 11.8 Å². The Morgan fingerprint density at radius 3 is 2.80 bits per heavy atom. The second-order valence-electron chi connectivity index (χ2n) is 6.89. The lowest BCUT2D eigenvalue weighted by molar-refractivity contribution is 0.0596. The third-order valence-electron chi connectivity index (χ3n) is 4.91. The first-order valence-electron chi connectivity index (χ1n) is 9.66. The zero-order valence-corrected chi connectivity index (χ0v) is 16.5. The Hall–Kier alpha value is -3.49. The summed E-state index contributed by atoms with van der Waals surface area (Å²) >= 11 is 0. The molecule has 0 N–H and O–H groups in total. The van der Waals surface area contributed by atoms with E-state index in [0.717, 1.165) is 19.3 Å². The molecule has 1 aliphatic rings. The molecule has 1 atom stereocenters. The molecule has 0 radical (unpaired) electrons. The Bertz CT molecular complexity index is 991. The van der Waals surface area contributed by atoms with Gasteiger partial charge in [-0.1, -0.05) is 5.16 Å². The highest BCUT2D eigenvalue weighted by Gasteiger charge is 2.32. The Kier molecular flexibility index (Phi) is 5.87. The maximum absolute atomic E-state index is 13.0. The Balaban J connectivity index is 1.45. The number of rotatable bonds is 6. The molecule has 156 valence electrons. The molecule has 1 unspecified atom stereocenters. The minimum atomic E-state index is -0.337. The summed E-state index contributed by atoms with van der Waals surface area (Å²) in [6.45, 7) is 0.660. The van der Waals surface area contributed by atoms with Crippen molar-refractivity contribution in [1.82, 2.24) is 20.0 Å². The average molecular weight is 412 g/mol. The van der Waals surface area contributed by atoms with Crippen molar-refractivity contribution in [2.45, 2.75) is 31.9 Å². The van der Waals surface area contributed by atoms with Crippen LogP contribution in [0, 0.1) is 5.82 Å². The molecule has 4 rings (SSSR count). The lowest BCUT2D eigenvalue weighted by atomic mass is 10.0. The van der Waals surface area contributed by atoms with Crippen LogP contribution in [0.4, 0.5) is 4.39 Å². The summed E-state index contributed by atoms with van der Waals surface area (Å²) in [6, 6.07) is 8.75. The van der Waals surface area contributed by atoms with Crippen LogP contribution >= 0.6 is 0 Å². The first kappa shape index (κ1) is 19.8. The number of carbonyl (C=O) groups excluding carboxylic acids is 1. The molecule has 1 aromatic carbocycles. The number of amides is 1. The number of methoxy groups -OCH3 is 1. The van der Waals surface area contributed by atoms with Crippen LogP contribution in [0.2, 0.25) is 0 Å². The molecular weight excluding hydrogens is 391 g/mol. The van der Waals surface area contributed by atoms with Gasteiger partial charge < -0.3 is 18.9 Å². The number of likely N-dealkylation sites (tertiary alicyclic amines) is 1. The van der Waals surface area contributed by atoms with E-state index in [-0.39, 0.29) is 24.4 Å². The second kappa shape index (κ2) is 8.89. The van der Waals surface area contributed by atoms with Crippen molar-refractivity contribution >= 4 is 5.91 Å². The number of pyridine rings is 1. The molecule has 3 heterocycles. The van der Waals surface area contributed by atoms with Gasteiger partial charge in [0.1, 0.15) is 11.6 Å². The maximum atomic E-state index is 13.0. The average Bonchev–Trinajstić information content (AvgIpc) is 3.27. The monoisotopic (exact) mass is 412 g/mol. The van der Waals surface area contributed by atoms with Gasteiger partial charge in [0, 0.05) is 18.8 Å². The number of hydrogen-bond donors (Lipinski definition) is 0. The summed E-state index contributed by atoms with van der Waals surface area (Å²) in [7, 11) is 1.53. The summed E-state index contributed by atoms with van der Waals surface area (Å²) in [5.74, 6) is 1.21. The van der Waals surface area contributed by atoms with Crippen molar-refractivity contribution in [1.29, 1.82) is 0 Å². The topological polar surface area (TPSA) is 90.6 Å². The van der Waals surface area contributed by atoms with E-state index >= 15 is 0 Å². The molecule has 0 aliphatic carbocycles. The van der Waals surface area contributed by atoms with Crippen LogP contribution in [0.15, 0.2) is 47.1 Å². The Morgan fingerprint density at radius 2 is 2.07 bits per heavy atom. The molecule has 1 amide bonds. The van der Waals surface area contributed by atoms with Crippen molar-refractivity contribution < 1.29 is 23.2 Å². The summed E-state index contributed by atoms with van der Waals surface area (Å²) < 4.78 is 28.9. The number of piperidine rings is 1. The molecule has 0 bridgehead atoms. The van der Waals surface area contributed by atoms with Crippen molar-refractivity contribution in [3.8, 4) is 11.6 Å². The largest absolute Gasteiger partial charge is 0.484 e. The lowest BCUT2D eigenvalue weighted by Gasteiger charge is -2.33. The van der Waals surface area contributed by atoms with Gasteiger partial charge in [0.15, 0.2) is 12.4 Å². The molecular formula is C21H21FN4O4. The molecule has 0 spiro atoms. The summed E-state index contributed by atoms with van der Waals surface area (Å²) in [4.78, 5) is 23.3. The van der Waals surface area contributed by atoms with E-state index in [2.05, 4.69) is 15.1 Å². The number of hydrogen-bond acceptors (Lipinski definition) is 7. The molecule has 30 heavy (non-hydrogen) atoms. The van der Waals surface area contributed by atoms with Gasteiger partial charge in [-0.3, -0.25) is 4.79 Å². The Morgan fingerprint density at radius 1 is 1.23 bits per heavy atom. The predicted octanol–water partition coefficient (Wildman–Crippen LogP) is 3.56. The standard InChI is InChI=1S/C21H21FN4O4/c1-28-18-10-5-14(12-23-18)21(27)26-11-3-2-4-17(26)20-24-19(30-25-20)13-29-16-8-6-15(22)7-9-16/h5-10,12,17H,2-4,11,13H2,1H3. The van der Waals surface area contributed by atoms with Crippen molar-refractivity contribution in [2.24, 2.45) is 0 Å². The number of carbonyl (C=O) groups is 1. The lowest BCUT2D eigenvalue weighted by Crippen LogP contribution is -2.39. The number of aromatic nitrogens is 3.